The zero-order chi connectivity index (χ0) is 18.4. The molecule has 1 aromatic heterocycles. The molecule has 0 saturated carbocycles. The molecule has 8 nitrogen and oxygen atoms in total. The minimum atomic E-state index is -1.15. The van der Waals surface area contributed by atoms with Crippen LogP contribution in [0.2, 0.25) is 0 Å². The van der Waals surface area contributed by atoms with Gasteiger partial charge in [0.25, 0.3) is 11.8 Å². The summed E-state index contributed by atoms with van der Waals surface area (Å²) in [5.41, 5.74) is 5.17. The summed E-state index contributed by atoms with van der Waals surface area (Å²) in [6.45, 7) is 2.72. The molecule has 130 valence electrons. The van der Waals surface area contributed by atoms with E-state index >= 15 is 0 Å². The van der Waals surface area contributed by atoms with Crippen LogP contribution >= 0.6 is 0 Å². The Labute approximate surface area is 143 Å². The van der Waals surface area contributed by atoms with Crippen molar-refractivity contribution in [1.82, 2.24) is 15.8 Å². The summed E-state index contributed by atoms with van der Waals surface area (Å²) < 4.78 is 4.98. The Morgan fingerprint density at radius 2 is 1.72 bits per heavy atom. The van der Waals surface area contributed by atoms with E-state index in [1.807, 2.05) is 0 Å². The molecule has 0 saturated heterocycles. The Balaban J connectivity index is 1.86. The Morgan fingerprint density at radius 1 is 1.04 bits per heavy atom. The summed E-state index contributed by atoms with van der Waals surface area (Å²) in [6.07, 6.45) is 0.233. The summed E-state index contributed by atoms with van der Waals surface area (Å²) >= 11 is 0. The standard InChI is InChI=1S/C17H17N3O5/c1-10(21)13-8-14(18-9-13)17(24)25-11(2)15(22)19-20-16(23)12-6-4-3-5-7-12/h3-9,11,18H,1-2H3,(H,19,22)(H,20,23)/t11-/m0/s1. The van der Waals surface area contributed by atoms with E-state index in [2.05, 4.69) is 15.8 Å². The highest BCUT2D eigenvalue weighted by Gasteiger charge is 2.21. The SMILES string of the molecule is CC(=O)c1c[nH]c(C(=O)O[C@@H](C)C(=O)NNC(=O)c2ccccc2)c1. The fourth-order valence-corrected chi connectivity index (χ4v) is 1.87. The van der Waals surface area contributed by atoms with E-state index < -0.39 is 23.9 Å². The van der Waals surface area contributed by atoms with Crippen LogP contribution in [0.1, 0.15) is 45.1 Å². The third kappa shape index (κ3) is 4.77. The van der Waals surface area contributed by atoms with Crippen molar-refractivity contribution in [2.45, 2.75) is 20.0 Å². The minimum absolute atomic E-state index is 0.0539. The number of ether oxygens (including phenoxy) is 1. The van der Waals surface area contributed by atoms with Crippen LogP contribution < -0.4 is 10.9 Å². The molecule has 0 aliphatic heterocycles. The smallest absolute Gasteiger partial charge is 0.355 e. The second-order valence-electron chi connectivity index (χ2n) is 5.22. The lowest BCUT2D eigenvalue weighted by molar-refractivity contribution is -0.129. The number of amides is 2. The first-order chi connectivity index (χ1) is 11.9. The first kappa shape index (κ1) is 17.9. The molecule has 2 aromatic rings. The highest BCUT2D eigenvalue weighted by Crippen LogP contribution is 2.07. The van der Waals surface area contributed by atoms with Crippen molar-refractivity contribution < 1.29 is 23.9 Å². The average molecular weight is 343 g/mol. The van der Waals surface area contributed by atoms with Crippen LogP contribution in [0.3, 0.4) is 0 Å². The van der Waals surface area contributed by atoms with Crippen LogP contribution in [0, 0.1) is 0 Å². The molecule has 25 heavy (non-hydrogen) atoms. The largest absolute Gasteiger partial charge is 0.448 e. The van der Waals surface area contributed by atoms with Gasteiger partial charge in [-0.05, 0) is 32.0 Å². The van der Waals surface area contributed by atoms with Gasteiger partial charge in [0.2, 0.25) is 0 Å². The number of esters is 1. The minimum Gasteiger partial charge on any atom is -0.448 e. The number of aromatic amines is 1. The van der Waals surface area contributed by atoms with E-state index in [9.17, 15) is 19.2 Å². The molecule has 1 atom stereocenters. The van der Waals surface area contributed by atoms with Crippen molar-refractivity contribution in [3.8, 4) is 0 Å². The number of aromatic nitrogens is 1. The summed E-state index contributed by atoms with van der Waals surface area (Å²) in [5.74, 6) is -2.19. The fraction of sp³-hybridized carbons (Fsp3) is 0.176. The van der Waals surface area contributed by atoms with E-state index in [1.54, 1.807) is 30.3 Å². The van der Waals surface area contributed by atoms with Gasteiger partial charge >= 0.3 is 5.97 Å². The number of nitrogens with one attached hydrogen (secondary N) is 3. The van der Waals surface area contributed by atoms with Gasteiger partial charge in [-0.1, -0.05) is 18.2 Å². The van der Waals surface area contributed by atoms with E-state index in [0.717, 1.165) is 0 Å². The maximum atomic E-state index is 11.9. The maximum Gasteiger partial charge on any atom is 0.355 e. The Hall–Kier alpha value is -3.42. The topological polar surface area (TPSA) is 117 Å². The number of hydrazine groups is 1. The average Bonchev–Trinajstić information content (AvgIpc) is 3.10. The van der Waals surface area contributed by atoms with Gasteiger partial charge in [-0.15, -0.1) is 0 Å². The number of hydrogen-bond acceptors (Lipinski definition) is 5. The number of rotatable bonds is 5. The molecule has 2 rings (SSSR count). The van der Waals surface area contributed by atoms with Gasteiger partial charge < -0.3 is 9.72 Å². The van der Waals surface area contributed by atoms with Gasteiger partial charge in [0.1, 0.15) is 5.69 Å². The molecule has 1 heterocycles. The van der Waals surface area contributed by atoms with Crippen molar-refractivity contribution in [2.75, 3.05) is 0 Å². The molecule has 8 heteroatoms. The number of benzene rings is 1. The summed E-state index contributed by atoms with van der Waals surface area (Å²) in [5, 5.41) is 0. The van der Waals surface area contributed by atoms with E-state index in [1.165, 1.54) is 26.1 Å². The van der Waals surface area contributed by atoms with Gasteiger partial charge in [-0.25, -0.2) is 4.79 Å². The van der Waals surface area contributed by atoms with Crippen molar-refractivity contribution in [3.63, 3.8) is 0 Å². The van der Waals surface area contributed by atoms with Gasteiger partial charge in [-0.3, -0.25) is 25.2 Å². The molecular weight excluding hydrogens is 326 g/mol. The highest BCUT2D eigenvalue weighted by molar-refractivity contribution is 5.98. The van der Waals surface area contributed by atoms with Gasteiger partial charge in [0.15, 0.2) is 11.9 Å². The van der Waals surface area contributed by atoms with Crippen LogP contribution in [-0.2, 0) is 9.53 Å². The Bertz CT molecular complexity index is 798. The normalized spacial score (nSPS) is 11.3. The Morgan fingerprint density at radius 3 is 2.32 bits per heavy atom. The van der Waals surface area contributed by atoms with Gasteiger partial charge in [0, 0.05) is 17.3 Å². The molecule has 0 fully saturated rings. The van der Waals surface area contributed by atoms with Crippen molar-refractivity contribution in [1.29, 1.82) is 0 Å². The second kappa shape index (κ2) is 7.91. The first-order valence-corrected chi connectivity index (χ1v) is 7.44. The number of carbonyl (C=O) groups is 4. The van der Waals surface area contributed by atoms with Crippen LogP contribution in [0.25, 0.3) is 0 Å². The molecule has 2 amide bonds. The Kier molecular flexibility index (Phi) is 5.67. The van der Waals surface area contributed by atoms with Crippen LogP contribution in [0.15, 0.2) is 42.6 Å². The first-order valence-electron chi connectivity index (χ1n) is 7.44. The highest BCUT2D eigenvalue weighted by atomic mass is 16.5. The number of hydrogen-bond donors (Lipinski definition) is 3. The second-order valence-corrected chi connectivity index (χ2v) is 5.22. The van der Waals surface area contributed by atoms with Crippen molar-refractivity contribution >= 4 is 23.6 Å². The third-order valence-electron chi connectivity index (χ3n) is 3.30. The monoisotopic (exact) mass is 343 g/mol. The van der Waals surface area contributed by atoms with Gasteiger partial charge in [-0.2, -0.15) is 0 Å². The fourth-order valence-electron chi connectivity index (χ4n) is 1.87. The summed E-state index contributed by atoms with van der Waals surface area (Å²) in [4.78, 5) is 49.4. The van der Waals surface area contributed by atoms with Crippen molar-refractivity contribution in [3.05, 3.63) is 59.4 Å². The summed E-state index contributed by atoms with van der Waals surface area (Å²) in [6, 6.07) is 9.65. The van der Waals surface area contributed by atoms with E-state index in [-0.39, 0.29) is 11.5 Å². The lowest BCUT2D eigenvalue weighted by Crippen LogP contribution is -2.46. The number of H-pyrrole nitrogens is 1. The molecule has 1 aromatic carbocycles. The molecule has 3 N–H and O–H groups in total. The molecule has 0 unspecified atom stereocenters. The third-order valence-corrected chi connectivity index (χ3v) is 3.30. The van der Waals surface area contributed by atoms with E-state index in [4.69, 9.17) is 4.74 Å². The molecule has 0 radical (unpaired) electrons. The van der Waals surface area contributed by atoms with Crippen LogP contribution in [0.4, 0.5) is 0 Å². The van der Waals surface area contributed by atoms with Gasteiger partial charge in [0.05, 0.1) is 0 Å². The summed E-state index contributed by atoms with van der Waals surface area (Å²) in [7, 11) is 0. The van der Waals surface area contributed by atoms with Crippen LogP contribution in [-0.4, -0.2) is 34.7 Å². The maximum absolute atomic E-state index is 11.9. The van der Waals surface area contributed by atoms with E-state index in [0.29, 0.717) is 11.1 Å². The molecule has 0 aliphatic rings. The molecular formula is C17H17N3O5. The number of carbonyl (C=O) groups excluding carboxylic acids is 4. The zero-order valence-corrected chi connectivity index (χ0v) is 13.7. The van der Waals surface area contributed by atoms with Crippen LogP contribution in [0.5, 0.6) is 0 Å². The predicted molar refractivity (Wildman–Crippen MR) is 87.7 cm³/mol. The predicted octanol–water partition coefficient (Wildman–Crippen LogP) is 1.22. The lowest BCUT2D eigenvalue weighted by atomic mass is 10.2. The molecule has 0 bridgehead atoms. The number of Topliss-reactive ketones (excluding diaryl/α,β-unsaturated/α-hetero) is 1. The lowest BCUT2D eigenvalue weighted by Gasteiger charge is -2.13. The quantitative estimate of drug-likeness (QED) is 0.429. The van der Waals surface area contributed by atoms with Crippen molar-refractivity contribution in [2.24, 2.45) is 0 Å². The number of ketones is 1. The zero-order valence-electron chi connectivity index (χ0n) is 13.7. The molecule has 0 spiro atoms. The molecule has 0 aliphatic carbocycles.